The molecule has 1 aliphatic rings. The third-order valence-electron chi connectivity index (χ3n) is 3.67. The predicted molar refractivity (Wildman–Crippen MR) is 96.6 cm³/mol. The molecule has 1 aromatic heterocycles. The summed E-state index contributed by atoms with van der Waals surface area (Å²) in [5.74, 6) is -6.37. The quantitative estimate of drug-likeness (QED) is 0.620. The van der Waals surface area contributed by atoms with Gasteiger partial charge >= 0.3 is 0 Å². The summed E-state index contributed by atoms with van der Waals surface area (Å²) in [4.78, 5) is 41.4. The summed E-state index contributed by atoms with van der Waals surface area (Å²) in [7, 11) is 0. The molecule has 1 fully saturated rings. The van der Waals surface area contributed by atoms with Crippen molar-refractivity contribution < 1.29 is 27.6 Å². The van der Waals surface area contributed by atoms with Crippen molar-refractivity contribution in [3.05, 3.63) is 64.1 Å². The minimum absolute atomic E-state index is 0.0786. The summed E-state index contributed by atoms with van der Waals surface area (Å²) in [6, 6.07) is 6.64. The van der Waals surface area contributed by atoms with Crippen LogP contribution in [0.1, 0.15) is 11.4 Å². The molecule has 0 bridgehead atoms. The van der Waals surface area contributed by atoms with Crippen molar-refractivity contribution in [2.75, 3.05) is 11.9 Å². The van der Waals surface area contributed by atoms with E-state index in [9.17, 15) is 27.6 Å². The zero-order chi connectivity index (χ0) is 20.4. The first-order valence-corrected chi connectivity index (χ1v) is 8.70. The van der Waals surface area contributed by atoms with Gasteiger partial charge in [-0.3, -0.25) is 24.3 Å². The summed E-state index contributed by atoms with van der Waals surface area (Å²) in [5.41, 5.74) is 0.593. The topological polar surface area (TPSA) is 79.4 Å². The second-order valence-corrected chi connectivity index (χ2v) is 6.74. The van der Waals surface area contributed by atoms with E-state index in [0.29, 0.717) is 28.4 Å². The van der Waals surface area contributed by atoms with Crippen LogP contribution in [0, 0.1) is 24.4 Å². The fraction of sp³-hybridized carbons (Fsp3) is 0.111. The number of halogens is 3. The van der Waals surface area contributed by atoms with Crippen molar-refractivity contribution >= 4 is 40.6 Å². The van der Waals surface area contributed by atoms with Gasteiger partial charge in [-0.2, -0.15) is 0 Å². The van der Waals surface area contributed by atoms with Gasteiger partial charge in [-0.1, -0.05) is 6.07 Å². The number of anilines is 1. The van der Waals surface area contributed by atoms with Gasteiger partial charge in [-0.05, 0) is 49.0 Å². The molecule has 0 saturated carbocycles. The number of rotatable bonds is 4. The summed E-state index contributed by atoms with van der Waals surface area (Å²) < 4.78 is 39.8. The highest BCUT2D eigenvalue weighted by molar-refractivity contribution is 8.18. The highest BCUT2D eigenvalue weighted by Crippen LogP contribution is 2.32. The molecule has 0 spiro atoms. The lowest BCUT2D eigenvalue weighted by Crippen LogP contribution is -2.36. The van der Waals surface area contributed by atoms with Gasteiger partial charge in [0.1, 0.15) is 6.54 Å². The second kappa shape index (κ2) is 7.85. The van der Waals surface area contributed by atoms with Crippen LogP contribution < -0.4 is 5.32 Å². The molecule has 2 heterocycles. The molecule has 0 atom stereocenters. The molecular formula is C18H12F3N3O3S. The van der Waals surface area contributed by atoms with Crippen LogP contribution in [-0.4, -0.2) is 33.5 Å². The standard InChI is InChI=1S/C18H12F3N3O3S/c1-9-3-2-4-10(22-9)7-13-17(26)24(18(27)28-13)8-14(25)23-12-6-5-11(19)15(20)16(12)21/h2-7H,8H2,1H3,(H,23,25)/b13-7+. The van der Waals surface area contributed by atoms with E-state index in [0.717, 1.165) is 11.8 Å². The van der Waals surface area contributed by atoms with Crippen molar-refractivity contribution in [2.24, 2.45) is 0 Å². The third kappa shape index (κ3) is 4.06. The highest BCUT2D eigenvalue weighted by atomic mass is 32.2. The lowest BCUT2D eigenvalue weighted by molar-refractivity contribution is -0.127. The summed E-state index contributed by atoms with van der Waals surface area (Å²) in [5, 5.41) is 1.32. The van der Waals surface area contributed by atoms with Crippen LogP contribution in [0.15, 0.2) is 35.2 Å². The lowest BCUT2D eigenvalue weighted by Gasteiger charge is -2.13. The average Bonchev–Trinajstić information content (AvgIpc) is 2.90. The van der Waals surface area contributed by atoms with Gasteiger partial charge in [0.2, 0.25) is 5.91 Å². The van der Waals surface area contributed by atoms with E-state index in [-0.39, 0.29) is 4.91 Å². The molecular weight excluding hydrogens is 395 g/mol. The number of aryl methyl sites for hydroxylation is 1. The fourth-order valence-corrected chi connectivity index (χ4v) is 3.19. The maximum Gasteiger partial charge on any atom is 0.294 e. The molecule has 1 N–H and O–H groups in total. The number of thioether (sulfide) groups is 1. The van der Waals surface area contributed by atoms with Crippen molar-refractivity contribution in [3.63, 3.8) is 0 Å². The minimum Gasteiger partial charge on any atom is -0.322 e. The molecule has 0 aliphatic carbocycles. The van der Waals surface area contributed by atoms with Crippen LogP contribution in [-0.2, 0) is 9.59 Å². The van der Waals surface area contributed by atoms with E-state index < -0.39 is 46.7 Å². The van der Waals surface area contributed by atoms with E-state index in [1.165, 1.54) is 6.08 Å². The number of hydrogen-bond donors (Lipinski definition) is 1. The van der Waals surface area contributed by atoms with Gasteiger partial charge in [0, 0.05) is 5.69 Å². The Balaban J connectivity index is 1.72. The van der Waals surface area contributed by atoms with Crippen LogP contribution in [0.2, 0.25) is 0 Å². The Labute approximate surface area is 161 Å². The van der Waals surface area contributed by atoms with E-state index >= 15 is 0 Å². The molecule has 28 heavy (non-hydrogen) atoms. The molecule has 144 valence electrons. The van der Waals surface area contributed by atoms with Crippen molar-refractivity contribution in [3.8, 4) is 0 Å². The third-order valence-corrected chi connectivity index (χ3v) is 4.58. The molecule has 0 radical (unpaired) electrons. The largest absolute Gasteiger partial charge is 0.322 e. The Kier molecular flexibility index (Phi) is 5.50. The fourth-order valence-electron chi connectivity index (χ4n) is 2.37. The average molecular weight is 407 g/mol. The lowest BCUT2D eigenvalue weighted by atomic mass is 10.2. The number of pyridine rings is 1. The molecule has 6 nitrogen and oxygen atoms in total. The molecule has 3 amide bonds. The minimum atomic E-state index is -1.74. The normalized spacial score (nSPS) is 15.4. The van der Waals surface area contributed by atoms with Crippen molar-refractivity contribution in [1.82, 2.24) is 9.88 Å². The molecule has 1 saturated heterocycles. The first kappa shape index (κ1) is 19.6. The first-order chi connectivity index (χ1) is 13.3. The zero-order valence-electron chi connectivity index (χ0n) is 14.3. The van der Waals surface area contributed by atoms with Crippen LogP contribution in [0.4, 0.5) is 23.7 Å². The van der Waals surface area contributed by atoms with Gasteiger partial charge in [0.05, 0.1) is 16.3 Å². The first-order valence-electron chi connectivity index (χ1n) is 7.88. The SMILES string of the molecule is Cc1cccc(/C=C2/SC(=O)N(CC(=O)Nc3ccc(F)c(F)c3F)C2=O)n1. The van der Waals surface area contributed by atoms with Gasteiger partial charge in [0.15, 0.2) is 17.5 Å². The van der Waals surface area contributed by atoms with Crippen LogP contribution >= 0.6 is 11.8 Å². The monoisotopic (exact) mass is 407 g/mol. The van der Waals surface area contributed by atoms with E-state index in [1.807, 2.05) is 5.32 Å². The summed E-state index contributed by atoms with van der Waals surface area (Å²) >= 11 is 0.633. The Hall–Kier alpha value is -3.14. The van der Waals surface area contributed by atoms with Crippen molar-refractivity contribution in [1.29, 1.82) is 0 Å². The number of aromatic nitrogens is 1. The number of carbonyl (C=O) groups is 3. The number of carbonyl (C=O) groups excluding carboxylic acids is 3. The molecule has 3 rings (SSSR count). The van der Waals surface area contributed by atoms with Gasteiger partial charge in [-0.25, -0.2) is 13.2 Å². The Morgan fingerprint density at radius 2 is 1.93 bits per heavy atom. The molecule has 2 aromatic rings. The highest BCUT2D eigenvalue weighted by Gasteiger charge is 2.36. The van der Waals surface area contributed by atoms with E-state index in [1.54, 1.807) is 25.1 Å². The zero-order valence-corrected chi connectivity index (χ0v) is 15.1. The number of nitrogens with zero attached hydrogens (tertiary/aromatic N) is 2. The number of amides is 3. The molecule has 1 aliphatic heterocycles. The predicted octanol–water partition coefficient (Wildman–Crippen LogP) is 3.48. The van der Waals surface area contributed by atoms with Crippen LogP contribution in [0.3, 0.4) is 0 Å². The van der Waals surface area contributed by atoms with Crippen LogP contribution in [0.5, 0.6) is 0 Å². The maximum absolute atomic E-state index is 13.6. The number of benzene rings is 1. The maximum atomic E-state index is 13.6. The molecule has 1 aromatic carbocycles. The summed E-state index contributed by atoms with van der Waals surface area (Å²) in [6.07, 6.45) is 1.42. The molecule has 0 unspecified atom stereocenters. The summed E-state index contributed by atoms with van der Waals surface area (Å²) in [6.45, 7) is 1.06. The number of nitrogens with one attached hydrogen (secondary N) is 1. The Bertz CT molecular complexity index is 1030. The van der Waals surface area contributed by atoms with Crippen LogP contribution in [0.25, 0.3) is 6.08 Å². The number of hydrogen-bond acceptors (Lipinski definition) is 5. The van der Waals surface area contributed by atoms with E-state index in [4.69, 9.17) is 0 Å². The Morgan fingerprint density at radius 3 is 2.64 bits per heavy atom. The van der Waals surface area contributed by atoms with Crippen molar-refractivity contribution in [2.45, 2.75) is 6.92 Å². The van der Waals surface area contributed by atoms with Gasteiger partial charge < -0.3 is 5.32 Å². The smallest absolute Gasteiger partial charge is 0.294 e. The van der Waals surface area contributed by atoms with Gasteiger partial charge in [0.25, 0.3) is 11.1 Å². The molecule has 10 heteroatoms. The van der Waals surface area contributed by atoms with E-state index in [2.05, 4.69) is 4.98 Å². The number of imide groups is 1. The van der Waals surface area contributed by atoms with Gasteiger partial charge in [-0.15, -0.1) is 0 Å². The Morgan fingerprint density at radius 1 is 1.18 bits per heavy atom. The second-order valence-electron chi connectivity index (χ2n) is 5.74.